The molecule has 6 heteroatoms. The summed E-state index contributed by atoms with van der Waals surface area (Å²) in [6.45, 7) is 1.52. The third kappa shape index (κ3) is 3.11. The van der Waals surface area contributed by atoms with Gasteiger partial charge in [0, 0.05) is 37.2 Å². The van der Waals surface area contributed by atoms with Crippen molar-refractivity contribution >= 4 is 11.6 Å². The lowest BCUT2D eigenvalue weighted by Crippen LogP contribution is -2.31. The summed E-state index contributed by atoms with van der Waals surface area (Å²) >= 11 is 0. The highest BCUT2D eigenvalue weighted by atomic mass is 16.5. The number of nitrogens with zero attached hydrogens (tertiary/aromatic N) is 1. The average Bonchev–Trinajstić information content (AvgIpc) is 3.09. The number of carbonyl (C=O) groups excluding carboxylic acids is 1. The van der Waals surface area contributed by atoms with Crippen molar-refractivity contribution in [2.75, 3.05) is 18.5 Å². The monoisotopic (exact) mass is 325 g/mol. The van der Waals surface area contributed by atoms with Gasteiger partial charge in [-0.15, -0.1) is 0 Å². The van der Waals surface area contributed by atoms with E-state index < -0.39 is 0 Å². The van der Waals surface area contributed by atoms with E-state index >= 15 is 0 Å². The molecule has 2 aromatic rings. The van der Waals surface area contributed by atoms with Crippen molar-refractivity contribution < 1.29 is 14.3 Å². The summed E-state index contributed by atoms with van der Waals surface area (Å²) in [6, 6.07) is 10.1. The SMILES string of the molecule is O=C1COc2ccc(CN[C@H]3CCO[C@@H]3c3cccnc3)cc2N1. The molecule has 0 saturated carbocycles. The molecule has 2 aliphatic heterocycles. The van der Waals surface area contributed by atoms with E-state index in [1.54, 1.807) is 6.20 Å². The molecule has 4 rings (SSSR count). The van der Waals surface area contributed by atoms with Gasteiger partial charge in [-0.05, 0) is 30.2 Å². The minimum absolute atomic E-state index is 0.0272. The van der Waals surface area contributed by atoms with Crippen LogP contribution in [0.5, 0.6) is 5.75 Å². The second kappa shape index (κ2) is 6.59. The van der Waals surface area contributed by atoms with Crippen LogP contribution in [0.1, 0.15) is 23.7 Å². The number of pyridine rings is 1. The molecule has 1 fully saturated rings. The summed E-state index contributed by atoms with van der Waals surface area (Å²) in [7, 11) is 0. The van der Waals surface area contributed by atoms with Gasteiger partial charge in [-0.1, -0.05) is 12.1 Å². The zero-order valence-electron chi connectivity index (χ0n) is 13.2. The normalized spacial score (nSPS) is 22.6. The van der Waals surface area contributed by atoms with Crippen LogP contribution in [0.15, 0.2) is 42.7 Å². The van der Waals surface area contributed by atoms with Crippen molar-refractivity contribution in [3.05, 3.63) is 53.9 Å². The molecule has 0 spiro atoms. The average molecular weight is 325 g/mol. The fraction of sp³-hybridized carbons (Fsp3) is 0.333. The number of rotatable bonds is 4. The van der Waals surface area contributed by atoms with Gasteiger partial charge < -0.3 is 20.1 Å². The first-order chi connectivity index (χ1) is 11.8. The van der Waals surface area contributed by atoms with E-state index in [0.717, 1.165) is 35.6 Å². The van der Waals surface area contributed by atoms with Crippen molar-refractivity contribution in [2.24, 2.45) is 0 Å². The van der Waals surface area contributed by atoms with Crippen LogP contribution in [0.2, 0.25) is 0 Å². The van der Waals surface area contributed by atoms with Crippen LogP contribution in [-0.4, -0.2) is 30.1 Å². The molecule has 24 heavy (non-hydrogen) atoms. The van der Waals surface area contributed by atoms with E-state index in [2.05, 4.69) is 15.6 Å². The number of hydrogen-bond donors (Lipinski definition) is 2. The van der Waals surface area contributed by atoms with Crippen LogP contribution in [-0.2, 0) is 16.1 Å². The lowest BCUT2D eigenvalue weighted by Gasteiger charge is -2.21. The maximum absolute atomic E-state index is 11.4. The number of aromatic nitrogens is 1. The Morgan fingerprint density at radius 3 is 3.17 bits per heavy atom. The van der Waals surface area contributed by atoms with E-state index in [9.17, 15) is 4.79 Å². The number of fused-ring (bicyclic) bond motifs is 1. The van der Waals surface area contributed by atoms with Crippen LogP contribution < -0.4 is 15.4 Å². The fourth-order valence-corrected chi connectivity index (χ4v) is 3.16. The van der Waals surface area contributed by atoms with Crippen molar-refractivity contribution in [1.82, 2.24) is 10.3 Å². The maximum Gasteiger partial charge on any atom is 0.262 e. The molecule has 2 N–H and O–H groups in total. The zero-order chi connectivity index (χ0) is 16.4. The molecule has 1 aromatic heterocycles. The Morgan fingerprint density at radius 1 is 1.33 bits per heavy atom. The van der Waals surface area contributed by atoms with Crippen LogP contribution in [0.4, 0.5) is 5.69 Å². The van der Waals surface area contributed by atoms with Gasteiger partial charge in [0.15, 0.2) is 6.61 Å². The number of ether oxygens (including phenoxy) is 2. The molecular formula is C18H19N3O3. The minimum Gasteiger partial charge on any atom is -0.482 e. The molecule has 0 unspecified atom stereocenters. The molecule has 1 saturated heterocycles. The highest BCUT2D eigenvalue weighted by Crippen LogP contribution is 2.30. The molecule has 124 valence electrons. The first-order valence-corrected chi connectivity index (χ1v) is 8.10. The number of carbonyl (C=O) groups is 1. The summed E-state index contributed by atoms with van der Waals surface area (Å²) in [6.07, 6.45) is 4.62. The lowest BCUT2D eigenvalue weighted by molar-refractivity contribution is -0.118. The zero-order valence-corrected chi connectivity index (χ0v) is 13.2. The molecular weight excluding hydrogens is 306 g/mol. The van der Waals surface area contributed by atoms with Gasteiger partial charge in [-0.2, -0.15) is 0 Å². The summed E-state index contributed by atoms with van der Waals surface area (Å²) in [5.41, 5.74) is 2.92. The van der Waals surface area contributed by atoms with E-state index in [1.165, 1.54) is 0 Å². The Bertz CT molecular complexity index is 736. The Hall–Kier alpha value is -2.44. The highest BCUT2D eigenvalue weighted by Gasteiger charge is 2.29. The predicted molar refractivity (Wildman–Crippen MR) is 88.7 cm³/mol. The van der Waals surface area contributed by atoms with Crippen LogP contribution in [0, 0.1) is 0 Å². The molecule has 0 aliphatic carbocycles. The Morgan fingerprint density at radius 2 is 2.29 bits per heavy atom. The summed E-state index contributed by atoms with van der Waals surface area (Å²) in [5.74, 6) is 0.601. The molecule has 2 atom stereocenters. The summed E-state index contributed by atoms with van der Waals surface area (Å²) in [4.78, 5) is 15.6. The molecule has 3 heterocycles. The number of amides is 1. The standard InChI is InChI=1S/C18H19N3O3/c22-17-11-24-16-4-3-12(8-15(16)21-17)9-20-14-5-7-23-18(14)13-2-1-6-19-10-13/h1-4,6,8,10,14,18,20H,5,7,9,11H2,(H,21,22)/t14-,18+/m0/s1. The highest BCUT2D eigenvalue weighted by molar-refractivity contribution is 5.95. The number of nitrogens with one attached hydrogen (secondary N) is 2. The van der Waals surface area contributed by atoms with Crippen LogP contribution in [0.3, 0.4) is 0 Å². The third-order valence-electron chi connectivity index (χ3n) is 4.35. The van der Waals surface area contributed by atoms with E-state index in [1.807, 2.05) is 36.5 Å². The quantitative estimate of drug-likeness (QED) is 0.900. The van der Waals surface area contributed by atoms with Crippen LogP contribution >= 0.6 is 0 Å². The molecule has 1 amide bonds. The summed E-state index contributed by atoms with van der Waals surface area (Å²) < 4.78 is 11.2. The topological polar surface area (TPSA) is 72.5 Å². The van der Waals surface area contributed by atoms with E-state index in [4.69, 9.17) is 9.47 Å². The molecule has 6 nitrogen and oxygen atoms in total. The first kappa shape index (κ1) is 15.1. The molecule has 0 radical (unpaired) electrons. The van der Waals surface area contributed by atoms with Gasteiger partial charge in [-0.3, -0.25) is 9.78 Å². The maximum atomic E-state index is 11.4. The lowest BCUT2D eigenvalue weighted by atomic mass is 10.0. The van der Waals surface area contributed by atoms with Gasteiger partial charge in [0.25, 0.3) is 5.91 Å². The largest absolute Gasteiger partial charge is 0.482 e. The summed E-state index contributed by atoms with van der Waals surface area (Å²) in [5, 5.41) is 6.40. The van der Waals surface area contributed by atoms with Crippen molar-refractivity contribution in [1.29, 1.82) is 0 Å². The molecule has 2 aliphatic rings. The number of benzene rings is 1. The first-order valence-electron chi connectivity index (χ1n) is 8.10. The van der Waals surface area contributed by atoms with Gasteiger partial charge >= 0.3 is 0 Å². The third-order valence-corrected chi connectivity index (χ3v) is 4.35. The second-order valence-electron chi connectivity index (χ2n) is 6.02. The Labute approximate surface area is 140 Å². The van der Waals surface area contributed by atoms with Gasteiger partial charge in [0.05, 0.1) is 11.8 Å². The van der Waals surface area contributed by atoms with Crippen molar-refractivity contribution in [2.45, 2.75) is 25.1 Å². The number of hydrogen-bond acceptors (Lipinski definition) is 5. The molecule has 1 aromatic carbocycles. The predicted octanol–water partition coefficient (Wildman–Crippen LogP) is 2.03. The molecule has 0 bridgehead atoms. The van der Waals surface area contributed by atoms with E-state index in [0.29, 0.717) is 6.54 Å². The Kier molecular flexibility index (Phi) is 4.15. The number of anilines is 1. The van der Waals surface area contributed by atoms with Gasteiger partial charge in [-0.25, -0.2) is 0 Å². The Balaban J connectivity index is 1.43. The van der Waals surface area contributed by atoms with E-state index in [-0.39, 0.29) is 24.7 Å². The second-order valence-corrected chi connectivity index (χ2v) is 6.02. The van der Waals surface area contributed by atoms with Crippen molar-refractivity contribution in [3.63, 3.8) is 0 Å². The van der Waals surface area contributed by atoms with Gasteiger partial charge in [0.1, 0.15) is 5.75 Å². The minimum atomic E-state index is -0.117. The van der Waals surface area contributed by atoms with Crippen LogP contribution in [0.25, 0.3) is 0 Å². The smallest absolute Gasteiger partial charge is 0.262 e. The fourth-order valence-electron chi connectivity index (χ4n) is 3.16. The van der Waals surface area contributed by atoms with Gasteiger partial charge in [0.2, 0.25) is 0 Å². The van der Waals surface area contributed by atoms with Crippen molar-refractivity contribution in [3.8, 4) is 5.75 Å².